The molecular weight excluding hydrogens is 378 g/mol. The van der Waals surface area contributed by atoms with Crippen LogP contribution in [0.1, 0.15) is 43.2 Å². The zero-order valence-corrected chi connectivity index (χ0v) is 17.3. The molecule has 0 unspecified atom stereocenters. The number of carbonyl (C=O) groups excluding carboxylic acids is 3. The van der Waals surface area contributed by atoms with Gasteiger partial charge in [0, 0.05) is 5.69 Å². The van der Waals surface area contributed by atoms with Crippen molar-refractivity contribution in [2.24, 2.45) is 0 Å². The Morgan fingerprint density at radius 2 is 1.67 bits per heavy atom. The van der Waals surface area contributed by atoms with Crippen LogP contribution >= 0.6 is 0 Å². The summed E-state index contributed by atoms with van der Waals surface area (Å²) in [4.78, 5) is 41.7. The fourth-order valence-corrected chi connectivity index (χ4v) is 4.35. The van der Waals surface area contributed by atoms with Crippen LogP contribution in [0.4, 0.5) is 10.5 Å². The number of imide groups is 1. The maximum absolute atomic E-state index is 13.3. The van der Waals surface area contributed by atoms with Gasteiger partial charge in [-0.1, -0.05) is 67.3 Å². The first-order valence-electron chi connectivity index (χ1n) is 10.5. The monoisotopic (exact) mass is 405 g/mol. The minimum Gasteiger partial charge on any atom is -0.323 e. The third-order valence-corrected chi connectivity index (χ3v) is 6.08. The van der Waals surface area contributed by atoms with Crippen molar-refractivity contribution >= 4 is 23.5 Å². The first kappa shape index (κ1) is 20.1. The van der Waals surface area contributed by atoms with Crippen LogP contribution in [0.25, 0.3) is 0 Å². The Morgan fingerprint density at radius 3 is 2.33 bits per heavy atom. The van der Waals surface area contributed by atoms with Gasteiger partial charge >= 0.3 is 6.03 Å². The molecule has 1 aliphatic carbocycles. The molecule has 1 N–H and O–H groups in total. The van der Waals surface area contributed by atoms with Crippen LogP contribution in [0.2, 0.25) is 0 Å². The quantitative estimate of drug-likeness (QED) is 0.770. The molecule has 6 heteroatoms. The Morgan fingerprint density at radius 1 is 1.00 bits per heavy atom. The topological polar surface area (TPSA) is 69.7 Å². The van der Waals surface area contributed by atoms with Gasteiger partial charge in [0.25, 0.3) is 5.91 Å². The van der Waals surface area contributed by atoms with Crippen LogP contribution in [0, 0.1) is 6.92 Å². The molecule has 156 valence electrons. The number of rotatable bonds is 5. The van der Waals surface area contributed by atoms with E-state index in [0.29, 0.717) is 19.4 Å². The maximum Gasteiger partial charge on any atom is 0.325 e. The van der Waals surface area contributed by atoms with Crippen LogP contribution in [0.5, 0.6) is 0 Å². The molecule has 4 amide bonds. The van der Waals surface area contributed by atoms with Gasteiger partial charge in [0.05, 0.1) is 6.54 Å². The molecule has 2 aromatic rings. The molecule has 0 radical (unpaired) electrons. The smallest absolute Gasteiger partial charge is 0.323 e. The van der Waals surface area contributed by atoms with Crippen molar-refractivity contribution < 1.29 is 14.4 Å². The highest BCUT2D eigenvalue weighted by Crippen LogP contribution is 2.33. The minimum atomic E-state index is -0.816. The summed E-state index contributed by atoms with van der Waals surface area (Å²) in [5.41, 5.74) is 2.00. The van der Waals surface area contributed by atoms with Crippen molar-refractivity contribution in [1.29, 1.82) is 0 Å². The Hall–Kier alpha value is -3.15. The van der Waals surface area contributed by atoms with Gasteiger partial charge in [-0.15, -0.1) is 0 Å². The third-order valence-electron chi connectivity index (χ3n) is 6.08. The van der Waals surface area contributed by atoms with Gasteiger partial charge < -0.3 is 10.2 Å². The molecule has 1 spiro atoms. The lowest BCUT2D eigenvalue weighted by molar-refractivity contribution is -0.135. The number of amides is 4. The Bertz CT molecular complexity index is 934. The van der Waals surface area contributed by atoms with E-state index in [9.17, 15) is 14.4 Å². The van der Waals surface area contributed by atoms with Crippen LogP contribution in [-0.4, -0.2) is 34.8 Å². The summed E-state index contributed by atoms with van der Waals surface area (Å²) in [6, 6.07) is 16.9. The van der Waals surface area contributed by atoms with Gasteiger partial charge in [-0.25, -0.2) is 4.79 Å². The lowest BCUT2D eigenvalue weighted by Crippen LogP contribution is -2.49. The number of carbonyl (C=O) groups is 3. The van der Waals surface area contributed by atoms with E-state index in [0.717, 1.165) is 41.0 Å². The average molecular weight is 405 g/mol. The summed E-state index contributed by atoms with van der Waals surface area (Å²) in [5, 5.41) is 2.88. The summed E-state index contributed by atoms with van der Waals surface area (Å²) >= 11 is 0. The molecule has 0 bridgehead atoms. The predicted octanol–water partition coefficient (Wildman–Crippen LogP) is 3.78. The molecule has 1 aliphatic heterocycles. The molecule has 0 aromatic heterocycles. The van der Waals surface area contributed by atoms with E-state index in [2.05, 4.69) is 5.32 Å². The maximum atomic E-state index is 13.3. The van der Waals surface area contributed by atoms with E-state index in [-0.39, 0.29) is 18.4 Å². The highest BCUT2D eigenvalue weighted by molar-refractivity contribution is 6.10. The van der Waals surface area contributed by atoms with Crippen LogP contribution in [0.15, 0.2) is 54.6 Å². The molecular formula is C24H27N3O3. The zero-order chi connectivity index (χ0) is 21.1. The summed E-state index contributed by atoms with van der Waals surface area (Å²) in [7, 11) is 0. The number of anilines is 1. The summed E-state index contributed by atoms with van der Waals surface area (Å²) < 4.78 is 0. The first-order chi connectivity index (χ1) is 14.5. The highest BCUT2D eigenvalue weighted by Gasteiger charge is 2.51. The summed E-state index contributed by atoms with van der Waals surface area (Å²) in [6.45, 7) is 2.11. The van der Waals surface area contributed by atoms with Gasteiger partial charge in [-0.2, -0.15) is 0 Å². The van der Waals surface area contributed by atoms with E-state index in [1.807, 2.05) is 61.5 Å². The molecule has 1 heterocycles. The van der Waals surface area contributed by atoms with Crippen molar-refractivity contribution in [3.05, 3.63) is 65.7 Å². The summed E-state index contributed by atoms with van der Waals surface area (Å²) in [5.74, 6) is -0.539. The predicted molar refractivity (Wildman–Crippen MR) is 115 cm³/mol. The van der Waals surface area contributed by atoms with Crippen molar-refractivity contribution in [3.8, 4) is 0 Å². The van der Waals surface area contributed by atoms with Crippen LogP contribution in [0.3, 0.4) is 0 Å². The molecule has 30 heavy (non-hydrogen) atoms. The van der Waals surface area contributed by atoms with Gasteiger partial charge in [0.1, 0.15) is 12.1 Å². The van der Waals surface area contributed by atoms with Crippen molar-refractivity contribution in [1.82, 2.24) is 10.2 Å². The number of nitrogens with zero attached hydrogens (tertiary/aromatic N) is 2. The van der Waals surface area contributed by atoms with Gasteiger partial charge in [0.15, 0.2) is 0 Å². The number of hydrogen-bond acceptors (Lipinski definition) is 3. The van der Waals surface area contributed by atoms with Crippen molar-refractivity contribution in [3.63, 3.8) is 0 Å². The van der Waals surface area contributed by atoms with Crippen LogP contribution < -0.4 is 10.2 Å². The van der Waals surface area contributed by atoms with Gasteiger partial charge in [-0.3, -0.25) is 14.5 Å². The number of aryl methyl sites for hydroxylation is 1. The largest absolute Gasteiger partial charge is 0.325 e. The van der Waals surface area contributed by atoms with Gasteiger partial charge in [0.2, 0.25) is 5.91 Å². The zero-order valence-electron chi connectivity index (χ0n) is 17.3. The second-order valence-electron chi connectivity index (χ2n) is 8.27. The number of nitrogens with one attached hydrogen (secondary N) is 1. The molecule has 1 saturated carbocycles. The Kier molecular flexibility index (Phi) is 5.57. The average Bonchev–Trinajstić information content (AvgIpc) is 2.98. The van der Waals surface area contributed by atoms with E-state index in [1.165, 1.54) is 0 Å². The Balaban J connectivity index is 1.56. The second-order valence-corrected chi connectivity index (χ2v) is 8.27. The number of hydrogen-bond donors (Lipinski definition) is 1. The van der Waals surface area contributed by atoms with E-state index in [4.69, 9.17) is 0 Å². The molecule has 1 saturated heterocycles. The fraction of sp³-hybridized carbons (Fsp3) is 0.375. The van der Waals surface area contributed by atoms with E-state index < -0.39 is 11.6 Å². The number of urea groups is 1. The van der Waals surface area contributed by atoms with Crippen molar-refractivity contribution in [2.45, 2.75) is 51.1 Å². The normalized spacial score (nSPS) is 17.8. The van der Waals surface area contributed by atoms with E-state index >= 15 is 0 Å². The second kappa shape index (κ2) is 8.30. The standard InChI is InChI=1S/C24H27N3O3/c1-18-10-12-20(13-11-18)26(16-19-8-4-2-5-9-19)21(28)17-27-22(29)24(25-23(27)30)14-6-3-7-15-24/h2,4-5,8-13H,3,6-7,14-17H2,1H3,(H,25,30). The summed E-state index contributed by atoms with van der Waals surface area (Å²) in [6.07, 6.45) is 4.19. The molecule has 2 aliphatic rings. The lowest BCUT2D eigenvalue weighted by atomic mass is 9.82. The van der Waals surface area contributed by atoms with Crippen molar-refractivity contribution in [2.75, 3.05) is 11.4 Å². The molecule has 0 atom stereocenters. The minimum absolute atomic E-state index is 0.257. The SMILES string of the molecule is Cc1ccc(N(Cc2ccccc2)C(=O)CN2C(=O)NC3(CCCCC3)C2=O)cc1. The highest BCUT2D eigenvalue weighted by atomic mass is 16.2. The number of benzene rings is 2. The first-order valence-corrected chi connectivity index (χ1v) is 10.5. The van der Waals surface area contributed by atoms with E-state index in [1.54, 1.807) is 4.90 Å². The lowest BCUT2D eigenvalue weighted by Gasteiger charge is -2.30. The molecule has 2 aromatic carbocycles. The molecule has 6 nitrogen and oxygen atoms in total. The van der Waals surface area contributed by atoms with Gasteiger partial charge in [-0.05, 0) is 37.5 Å². The third kappa shape index (κ3) is 3.95. The Labute approximate surface area is 176 Å². The molecule has 2 fully saturated rings. The van der Waals surface area contributed by atoms with Crippen LogP contribution in [-0.2, 0) is 16.1 Å². The molecule has 4 rings (SSSR count). The fourth-order valence-electron chi connectivity index (χ4n) is 4.35.